The van der Waals surface area contributed by atoms with Crippen LogP contribution in [0.1, 0.15) is 6.92 Å². The number of alkyl halides is 3. The Morgan fingerprint density at radius 2 is 1.94 bits per heavy atom. The van der Waals surface area contributed by atoms with Crippen LogP contribution in [0.5, 0.6) is 5.88 Å². The zero-order valence-corrected chi connectivity index (χ0v) is 20.3. The normalized spacial score (nSPS) is 15.1. The van der Waals surface area contributed by atoms with Crippen molar-refractivity contribution in [3.8, 4) is 5.88 Å². The number of nitrogens with zero attached hydrogens (tertiary/aromatic N) is 3. The van der Waals surface area contributed by atoms with Crippen LogP contribution in [0.25, 0.3) is 0 Å². The van der Waals surface area contributed by atoms with Gasteiger partial charge in [-0.3, -0.25) is 9.69 Å². The molecule has 35 heavy (non-hydrogen) atoms. The molecule has 2 N–H and O–H groups in total. The molecule has 0 saturated carbocycles. The molecule has 0 saturated heterocycles. The van der Waals surface area contributed by atoms with Gasteiger partial charge in [-0.25, -0.2) is 4.99 Å². The Morgan fingerprint density at radius 1 is 1.23 bits per heavy atom. The molecule has 0 radical (unpaired) electrons. The van der Waals surface area contributed by atoms with Crippen molar-refractivity contribution in [1.29, 1.82) is 5.41 Å². The number of aromatic nitrogens is 1. The van der Waals surface area contributed by atoms with Gasteiger partial charge in [-0.15, -0.1) is 0 Å². The molecule has 0 aliphatic heterocycles. The lowest BCUT2D eigenvalue weighted by Gasteiger charge is -2.20. The molecule has 182 valence electrons. The Kier molecular flexibility index (Phi) is 8.23. The van der Waals surface area contributed by atoms with Crippen LogP contribution in [0.2, 0.25) is 0 Å². The van der Waals surface area contributed by atoms with Crippen molar-refractivity contribution in [3.63, 3.8) is 0 Å². The van der Waals surface area contributed by atoms with Crippen LogP contribution in [-0.4, -0.2) is 42.6 Å². The van der Waals surface area contributed by atoms with Gasteiger partial charge in [-0.1, -0.05) is 22.0 Å². The molecule has 1 aromatic heterocycles. The molecule has 1 aromatic carbocycles. The monoisotopic (exact) mass is 547 g/mol. The zero-order valence-electron chi connectivity index (χ0n) is 18.7. The van der Waals surface area contributed by atoms with Gasteiger partial charge in [0.25, 0.3) is 0 Å². The van der Waals surface area contributed by atoms with Crippen molar-refractivity contribution in [3.05, 3.63) is 76.4 Å². The van der Waals surface area contributed by atoms with E-state index < -0.39 is 12.8 Å². The molecule has 1 heterocycles. The van der Waals surface area contributed by atoms with E-state index in [1.165, 1.54) is 17.0 Å². The van der Waals surface area contributed by atoms with Gasteiger partial charge in [-0.2, -0.15) is 18.2 Å². The summed E-state index contributed by atoms with van der Waals surface area (Å²) in [5.74, 6) is -0.303. The molecule has 0 spiro atoms. The first-order chi connectivity index (χ1) is 16.6. The maximum Gasteiger partial charge on any atom is 0.422 e. The number of carbonyl (C=O) groups excluding carboxylic acids is 1. The third kappa shape index (κ3) is 6.89. The predicted octanol–water partition coefficient (Wildman–Crippen LogP) is 5.79. The predicted molar refractivity (Wildman–Crippen MR) is 133 cm³/mol. The van der Waals surface area contributed by atoms with E-state index in [1.54, 1.807) is 62.7 Å². The topological polar surface area (TPSA) is 90.7 Å². The number of aliphatic imine (C=N–C) groups is 1. The molecule has 3 rings (SSSR count). The van der Waals surface area contributed by atoms with Crippen molar-refractivity contribution in [2.75, 3.05) is 18.6 Å². The highest BCUT2D eigenvalue weighted by Gasteiger charge is 2.29. The highest BCUT2D eigenvalue weighted by Crippen LogP contribution is 2.35. The van der Waals surface area contributed by atoms with Gasteiger partial charge >= 0.3 is 6.18 Å². The van der Waals surface area contributed by atoms with Crippen molar-refractivity contribution in [1.82, 2.24) is 10.3 Å². The summed E-state index contributed by atoms with van der Waals surface area (Å²) in [6.45, 7) is 0.218. The van der Waals surface area contributed by atoms with E-state index >= 15 is 0 Å². The Bertz CT molecular complexity index is 1230. The molecule has 0 atom stereocenters. The lowest BCUT2D eigenvalue weighted by molar-refractivity contribution is -0.154. The summed E-state index contributed by atoms with van der Waals surface area (Å²) in [5, 5.41) is 10.9. The number of halogens is 4. The lowest BCUT2D eigenvalue weighted by atomic mass is 9.98. The second-order valence-electron chi connectivity index (χ2n) is 7.28. The number of anilines is 2. The van der Waals surface area contributed by atoms with Crippen molar-refractivity contribution in [2.24, 2.45) is 4.99 Å². The average molecular weight is 548 g/mol. The number of rotatable bonds is 8. The third-order valence-electron chi connectivity index (χ3n) is 4.71. The molecule has 0 unspecified atom stereocenters. The molecule has 11 heteroatoms. The molecule has 0 fully saturated rings. The summed E-state index contributed by atoms with van der Waals surface area (Å²) in [7, 11) is 1.73. The minimum atomic E-state index is -4.54. The molecule has 2 aromatic rings. The maximum absolute atomic E-state index is 12.7. The van der Waals surface area contributed by atoms with Gasteiger partial charge < -0.3 is 15.5 Å². The summed E-state index contributed by atoms with van der Waals surface area (Å²) in [6.07, 6.45) is 2.77. The highest BCUT2D eigenvalue weighted by molar-refractivity contribution is 9.10. The van der Waals surface area contributed by atoms with E-state index in [9.17, 15) is 18.0 Å². The smallest absolute Gasteiger partial charge is 0.422 e. The standard InChI is InChI=1S/C24H21BrF3N5O2/c1-15(16-3-8-20(29)17(11-16)12-30-2)31-21-9-10-22(35-13-24(26,27)28)32-23(21)33(14-34)19-6-4-18(25)5-7-19/h3-12,14,29-30H,13H2,1-2H3/b17-12-,29-20?,31-15+. The summed E-state index contributed by atoms with van der Waals surface area (Å²) in [5.41, 5.74) is 2.91. The SMILES string of the molecule is CN/C=C1C=C(/C(C)=N/c2ccc(OCC(F)(F)F)nc2N(C=O)c2ccc(Br)cc2)C=CC/1=N. The summed E-state index contributed by atoms with van der Waals surface area (Å²) in [6, 6.07) is 9.43. The number of ether oxygens (including phenoxy) is 1. The summed E-state index contributed by atoms with van der Waals surface area (Å²) in [4.78, 5) is 22.0. The molecular weight excluding hydrogens is 527 g/mol. The number of benzene rings is 1. The van der Waals surface area contributed by atoms with Crippen molar-refractivity contribution < 1.29 is 22.7 Å². The number of amides is 1. The van der Waals surface area contributed by atoms with Crippen LogP contribution >= 0.6 is 15.9 Å². The fraction of sp³-hybridized carbons (Fsp3) is 0.167. The number of allylic oxidation sites excluding steroid dienone is 5. The van der Waals surface area contributed by atoms with Crippen LogP contribution in [0.3, 0.4) is 0 Å². The van der Waals surface area contributed by atoms with Gasteiger partial charge in [0.1, 0.15) is 5.69 Å². The number of nitrogens with one attached hydrogen (secondary N) is 2. The average Bonchev–Trinajstić information content (AvgIpc) is 2.81. The maximum atomic E-state index is 12.7. The first-order valence-corrected chi connectivity index (χ1v) is 11.0. The van der Waals surface area contributed by atoms with Gasteiger partial charge in [-0.05, 0) is 55.0 Å². The molecule has 0 bridgehead atoms. The number of hydrogen-bond donors (Lipinski definition) is 2. The van der Waals surface area contributed by atoms with Crippen LogP contribution in [-0.2, 0) is 4.79 Å². The largest absolute Gasteiger partial charge is 0.468 e. The number of carbonyl (C=O) groups is 1. The van der Waals surface area contributed by atoms with Gasteiger partial charge in [0.2, 0.25) is 12.3 Å². The van der Waals surface area contributed by atoms with Gasteiger partial charge in [0.05, 0.1) is 11.4 Å². The van der Waals surface area contributed by atoms with E-state index in [-0.39, 0.29) is 17.4 Å². The number of pyridine rings is 1. The van der Waals surface area contributed by atoms with E-state index in [2.05, 4.69) is 31.2 Å². The fourth-order valence-electron chi connectivity index (χ4n) is 3.07. The quantitative estimate of drug-likeness (QED) is 0.323. The summed E-state index contributed by atoms with van der Waals surface area (Å²) < 4.78 is 43.6. The first-order valence-electron chi connectivity index (χ1n) is 10.2. The van der Waals surface area contributed by atoms with Crippen molar-refractivity contribution >= 4 is 51.0 Å². The van der Waals surface area contributed by atoms with Crippen LogP contribution in [0, 0.1) is 5.41 Å². The molecule has 1 amide bonds. The minimum Gasteiger partial charge on any atom is -0.468 e. The Hall–Kier alpha value is -3.73. The Morgan fingerprint density at radius 3 is 2.57 bits per heavy atom. The van der Waals surface area contributed by atoms with E-state index in [0.29, 0.717) is 34.7 Å². The second-order valence-corrected chi connectivity index (χ2v) is 8.20. The zero-order chi connectivity index (χ0) is 25.6. The van der Waals surface area contributed by atoms with E-state index in [4.69, 9.17) is 10.1 Å². The first kappa shape index (κ1) is 25.9. The molecule has 1 aliphatic carbocycles. The fourth-order valence-corrected chi connectivity index (χ4v) is 3.33. The van der Waals surface area contributed by atoms with E-state index in [0.717, 1.165) is 4.47 Å². The summed E-state index contributed by atoms with van der Waals surface area (Å²) >= 11 is 3.33. The second kappa shape index (κ2) is 11.1. The third-order valence-corrected chi connectivity index (χ3v) is 5.24. The Labute approximate surface area is 208 Å². The Balaban J connectivity index is 2.07. The van der Waals surface area contributed by atoms with E-state index in [1.807, 2.05) is 0 Å². The van der Waals surface area contributed by atoms with Crippen LogP contribution in [0.4, 0.5) is 30.4 Å². The molecule has 7 nitrogen and oxygen atoms in total. The van der Waals surface area contributed by atoms with Crippen LogP contribution < -0.4 is 15.0 Å². The van der Waals surface area contributed by atoms with Crippen molar-refractivity contribution in [2.45, 2.75) is 13.1 Å². The molecule has 1 aliphatic rings. The lowest BCUT2D eigenvalue weighted by Crippen LogP contribution is -2.20. The van der Waals surface area contributed by atoms with Crippen LogP contribution in [0.15, 0.2) is 81.4 Å². The highest BCUT2D eigenvalue weighted by atomic mass is 79.9. The van der Waals surface area contributed by atoms with Gasteiger partial charge in [0.15, 0.2) is 12.4 Å². The molecular formula is C24H21BrF3N5O2. The minimum absolute atomic E-state index is 0.000435. The van der Waals surface area contributed by atoms with Gasteiger partial charge in [0, 0.05) is 35.1 Å². The number of hydrogen-bond acceptors (Lipinski definition) is 6.